The maximum atomic E-state index is 6.08. The molecule has 18 heavy (non-hydrogen) atoms. The summed E-state index contributed by atoms with van der Waals surface area (Å²) in [6.45, 7) is 1.85. The van der Waals surface area contributed by atoms with Crippen LogP contribution in [0.15, 0.2) is 36.5 Å². The molecule has 0 radical (unpaired) electrons. The molecule has 0 saturated carbocycles. The summed E-state index contributed by atoms with van der Waals surface area (Å²) >= 11 is 6.08. The highest BCUT2D eigenvalue weighted by Gasteiger charge is 2.06. The van der Waals surface area contributed by atoms with Crippen LogP contribution in [0.4, 0.5) is 0 Å². The van der Waals surface area contributed by atoms with E-state index in [9.17, 15) is 0 Å². The monoisotopic (exact) mass is 257 g/mol. The molecular weight excluding hydrogens is 246 g/mol. The highest BCUT2D eigenvalue weighted by molar-refractivity contribution is 6.31. The number of aromatic nitrogens is 3. The Kier molecular flexibility index (Phi) is 2.56. The predicted octanol–water partition coefficient (Wildman–Crippen LogP) is 3.60. The van der Waals surface area contributed by atoms with Crippen molar-refractivity contribution in [3.05, 3.63) is 47.2 Å². The van der Waals surface area contributed by atoms with Crippen LogP contribution in [0.2, 0.25) is 5.02 Å². The molecule has 3 rings (SSSR count). The second-order valence-electron chi connectivity index (χ2n) is 4.36. The van der Waals surface area contributed by atoms with Crippen LogP contribution in [0.25, 0.3) is 22.2 Å². The molecule has 0 aliphatic rings. The third kappa shape index (κ3) is 1.77. The molecule has 0 fully saturated rings. The lowest BCUT2D eigenvalue weighted by Gasteiger charge is -2.03. The van der Waals surface area contributed by atoms with E-state index in [0.29, 0.717) is 5.02 Å². The highest BCUT2D eigenvalue weighted by Crippen LogP contribution is 2.25. The standard InChI is InChI=1S/C14H12ClN3/c1-9-12(15)8-13(17-16-9)10-3-4-14-11(7-10)5-6-18(14)2/h3-8H,1-2H3. The third-order valence-electron chi connectivity index (χ3n) is 3.10. The van der Waals surface area contributed by atoms with Gasteiger partial charge in [0, 0.05) is 29.7 Å². The van der Waals surface area contributed by atoms with Gasteiger partial charge in [0.2, 0.25) is 0 Å². The summed E-state index contributed by atoms with van der Waals surface area (Å²) in [7, 11) is 2.03. The van der Waals surface area contributed by atoms with Crippen LogP contribution < -0.4 is 0 Å². The Morgan fingerprint density at radius 1 is 1.11 bits per heavy atom. The van der Waals surface area contributed by atoms with Gasteiger partial charge in [-0.2, -0.15) is 10.2 Å². The third-order valence-corrected chi connectivity index (χ3v) is 3.48. The van der Waals surface area contributed by atoms with Crippen LogP contribution in [-0.4, -0.2) is 14.8 Å². The van der Waals surface area contributed by atoms with Gasteiger partial charge in [0.25, 0.3) is 0 Å². The van der Waals surface area contributed by atoms with Crippen molar-refractivity contribution >= 4 is 22.5 Å². The van der Waals surface area contributed by atoms with E-state index in [1.54, 1.807) is 0 Å². The first-order valence-electron chi connectivity index (χ1n) is 5.70. The average Bonchev–Trinajstić information content (AvgIpc) is 2.74. The number of hydrogen-bond acceptors (Lipinski definition) is 2. The summed E-state index contributed by atoms with van der Waals surface area (Å²) in [5.74, 6) is 0. The summed E-state index contributed by atoms with van der Waals surface area (Å²) in [4.78, 5) is 0. The number of nitrogens with zero attached hydrogens (tertiary/aromatic N) is 3. The number of benzene rings is 1. The SMILES string of the molecule is Cc1nnc(-c2ccc3c(ccn3C)c2)cc1Cl. The molecule has 0 aliphatic heterocycles. The molecule has 4 heteroatoms. The summed E-state index contributed by atoms with van der Waals surface area (Å²) in [5.41, 5.74) is 3.78. The second kappa shape index (κ2) is 4.10. The fraction of sp³-hybridized carbons (Fsp3) is 0.143. The average molecular weight is 258 g/mol. The molecule has 3 nitrogen and oxygen atoms in total. The Labute approximate surface area is 110 Å². The first kappa shape index (κ1) is 11.2. The van der Waals surface area contributed by atoms with Gasteiger partial charge in [-0.15, -0.1) is 0 Å². The minimum absolute atomic E-state index is 0.646. The quantitative estimate of drug-likeness (QED) is 0.667. The van der Waals surface area contributed by atoms with E-state index < -0.39 is 0 Å². The van der Waals surface area contributed by atoms with E-state index >= 15 is 0 Å². The molecule has 0 atom stereocenters. The van der Waals surface area contributed by atoms with Crippen molar-refractivity contribution in [2.75, 3.05) is 0 Å². The Morgan fingerprint density at radius 2 is 1.94 bits per heavy atom. The fourth-order valence-electron chi connectivity index (χ4n) is 2.01. The van der Waals surface area contributed by atoms with Crippen molar-refractivity contribution < 1.29 is 0 Å². The van der Waals surface area contributed by atoms with Crippen LogP contribution in [0, 0.1) is 6.92 Å². The Bertz CT molecular complexity index is 731. The maximum absolute atomic E-state index is 6.08. The molecule has 0 N–H and O–H groups in total. The summed E-state index contributed by atoms with van der Waals surface area (Å²) in [5, 5.41) is 10.1. The van der Waals surface area contributed by atoms with E-state index in [4.69, 9.17) is 11.6 Å². The lowest BCUT2D eigenvalue weighted by molar-refractivity contribution is 0.969. The van der Waals surface area contributed by atoms with E-state index in [2.05, 4.69) is 33.0 Å². The molecule has 0 saturated heterocycles. The van der Waals surface area contributed by atoms with Crippen molar-refractivity contribution in [3.8, 4) is 11.3 Å². The molecule has 0 aliphatic carbocycles. The Morgan fingerprint density at radius 3 is 2.72 bits per heavy atom. The Balaban J connectivity index is 2.16. The molecule has 0 amide bonds. The van der Waals surface area contributed by atoms with Crippen LogP contribution >= 0.6 is 11.6 Å². The molecule has 2 aromatic heterocycles. The molecule has 1 aromatic carbocycles. The summed E-state index contributed by atoms with van der Waals surface area (Å²) < 4.78 is 2.09. The van der Waals surface area contributed by atoms with Crippen molar-refractivity contribution in [1.82, 2.24) is 14.8 Å². The zero-order valence-electron chi connectivity index (χ0n) is 10.2. The van der Waals surface area contributed by atoms with Crippen molar-refractivity contribution in [2.24, 2.45) is 7.05 Å². The number of fused-ring (bicyclic) bond motifs is 1. The molecule has 2 heterocycles. The summed E-state index contributed by atoms with van der Waals surface area (Å²) in [6, 6.07) is 10.2. The fourth-order valence-corrected chi connectivity index (χ4v) is 2.15. The van der Waals surface area contributed by atoms with Gasteiger partial charge >= 0.3 is 0 Å². The maximum Gasteiger partial charge on any atom is 0.0944 e. The lowest BCUT2D eigenvalue weighted by atomic mass is 10.1. The van der Waals surface area contributed by atoms with Crippen molar-refractivity contribution in [2.45, 2.75) is 6.92 Å². The van der Waals surface area contributed by atoms with Gasteiger partial charge in [0.1, 0.15) is 0 Å². The van der Waals surface area contributed by atoms with Gasteiger partial charge < -0.3 is 4.57 Å². The van der Waals surface area contributed by atoms with Gasteiger partial charge in [-0.1, -0.05) is 17.7 Å². The Hall–Kier alpha value is -1.87. The van der Waals surface area contributed by atoms with Crippen molar-refractivity contribution in [1.29, 1.82) is 0 Å². The first-order valence-corrected chi connectivity index (χ1v) is 6.08. The number of hydrogen-bond donors (Lipinski definition) is 0. The molecule has 90 valence electrons. The number of halogens is 1. The van der Waals surface area contributed by atoms with E-state index in [1.165, 1.54) is 10.9 Å². The molecule has 0 spiro atoms. The van der Waals surface area contributed by atoms with Gasteiger partial charge in [0.15, 0.2) is 0 Å². The first-order chi connectivity index (χ1) is 8.65. The minimum atomic E-state index is 0.646. The topological polar surface area (TPSA) is 30.7 Å². The zero-order valence-corrected chi connectivity index (χ0v) is 10.9. The van der Waals surface area contributed by atoms with Crippen LogP contribution in [0.5, 0.6) is 0 Å². The van der Waals surface area contributed by atoms with E-state index in [0.717, 1.165) is 17.0 Å². The van der Waals surface area contributed by atoms with Crippen molar-refractivity contribution in [3.63, 3.8) is 0 Å². The number of rotatable bonds is 1. The number of aryl methyl sites for hydroxylation is 2. The molecule has 3 aromatic rings. The molecular formula is C14H12ClN3. The van der Waals surface area contributed by atoms with E-state index in [-0.39, 0.29) is 0 Å². The van der Waals surface area contributed by atoms with Crippen LogP contribution in [0.1, 0.15) is 5.69 Å². The lowest BCUT2D eigenvalue weighted by Crippen LogP contribution is -1.91. The minimum Gasteiger partial charge on any atom is -0.351 e. The van der Waals surface area contributed by atoms with Crippen LogP contribution in [-0.2, 0) is 7.05 Å². The van der Waals surface area contributed by atoms with E-state index in [1.807, 2.05) is 32.3 Å². The molecule has 0 unspecified atom stereocenters. The van der Waals surface area contributed by atoms with Gasteiger partial charge in [0.05, 0.1) is 16.4 Å². The summed E-state index contributed by atoms with van der Waals surface area (Å²) in [6.07, 6.45) is 2.04. The smallest absolute Gasteiger partial charge is 0.0944 e. The van der Waals surface area contributed by atoms with Gasteiger partial charge in [-0.05, 0) is 31.2 Å². The molecule has 0 bridgehead atoms. The largest absolute Gasteiger partial charge is 0.351 e. The normalized spacial score (nSPS) is 11.1. The zero-order chi connectivity index (χ0) is 12.7. The highest BCUT2D eigenvalue weighted by atomic mass is 35.5. The van der Waals surface area contributed by atoms with Gasteiger partial charge in [-0.25, -0.2) is 0 Å². The predicted molar refractivity (Wildman–Crippen MR) is 73.7 cm³/mol. The second-order valence-corrected chi connectivity index (χ2v) is 4.77. The van der Waals surface area contributed by atoms with Crippen LogP contribution in [0.3, 0.4) is 0 Å². The van der Waals surface area contributed by atoms with Gasteiger partial charge in [-0.3, -0.25) is 0 Å².